The lowest BCUT2D eigenvalue weighted by Gasteiger charge is -2.59. The summed E-state index contributed by atoms with van der Waals surface area (Å²) in [4.78, 5) is 12.5. The maximum Gasteiger partial charge on any atom is 0.136 e. The van der Waals surface area contributed by atoms with E-state index >= 15 is 0 Å². The summed E-state index contributed by atoms with van der Waals surface area (Å²) in [6.07, 6.45) is 11.3. The van der Waals surface area contributed by atoms with E-state index in [1.807, 2.05) is 6.92 Å². The smallest absolute Gasteiger partial charge is 0.136 e. The highest BCUT2D eigenvalue weighted by atomic mass is 16.3. The Balaban J connectivity index is 1.69. The third-order valence-electron chi connectivity index (χ3n) is 9.46. The van der Waals surface area contributed by atoms with Gasteiger partial charge in [0.05, 0.1) is 6.10 Å². The van der Waals surface area contributed by atoms with Gasteiger partial charge in [-0.1, -0.05) is 32.4 Å². The van der Waals surface area contributed by atoms with Crippen LogP contribution in [0.5, 0.6) is 0 Å². The number of allylic oxidation sites excluding steroid dienone is 1. The second kappa shape index (κ2) is 5.19. The molecule has 0 saturated heterocycles. The molecule has 3 fully saturated rings. The first-order chi connectivity index (χ1) is 11.2. The highest BCUT2D eigenvalue weighted by Gasteiger charge is 2.63. The number of ketones is 1. The molecule has 0 aromatic carbocycles. The fourth-order valence-electron chi connectivity index (χ4n) is 7.49. The summed E-state index contributed by atoms with van der Waals surface area (Å²) in [7, 11) is 0. The fourth-order valence-corrected chi connectivity index (χ4v) is 7.49. The van der Waals surface area contributed by atoms with Gasteiger partial charge >= 0.3 is 0 Å². The summed E-state index contributed by atoms with van der Waals surface area (Å²) in [5, 5.41) is 10.1. The molecule has 24 heavy (non-hydrogen) atoms. The minimum Gasteiger partial charge on any atom is -0.393 e. The normalized spacial score (nSPS) is 53.6. The molecule has 0 spiro atoms. The summed E-state index contributed by atoms with van der Waals surface area (Å²) in [6, 6.07) is 0. The fraction of sp³-hybridized carbons (Fsp3) is 0.864. The zero-order chi connectivity index (χ0) is 17.3. The summed E-state index contributed by atoms with van der Waals surface area (Å²) < 4.78 is 0. The zero-order valence-corrected chi connectivity index (χ0v) is 15.9. The van der Waals surface area contributed by atoms with Gasteiger partial charge in [-0.3, -0.25) is 4.79 Å². The molecule has 4 rings (SSSR count). The second-order valence-corrected chi connectivity index (χ2v) is 10.0. The maximum absolute atomic E-state index is 12.5. The summed E-state index contributed by atoms with van der Waals surface area (Å²) in [6.45, 7) is 8.97. The van der Waals surface area contributed by atoms with E-state index in [9.17, 15) is 9.90 Å². The number of fused-ring (bicyclic) bond motifs is 5. The molecule has 3 saturated carbocycles. The van der Waals surface area contributed by atoms with Gasteiger partial charge in [0, 0.05) is 5.41 Å². The molecule has 134 valence electrons. The third kappa shape index (κ3) is 1.95. The Kier molecular flexibility index (Phi) is 3.64. The van der Waals surface area contributed by atoms with E-state index in [0.29, 0.717) is 17.1 Å². The lowest BCUT2D eigenvalue weighted by Crippen LogP contribution is -2.53. The topological polar surface area (TPSA) is 37.3 Å². The quantitative estimate of drug-likeness (QED) is 0.694. The molecule has 0 aliphatic heterocycles. The highest BCUT2D eigenvalue weighted by molar-refractivity contribution is 5.83. The zero-order valence-electron chi connectivity index (χ0n) is 15.9. The number of hydrogen-bond donors (Lipinski definition) is 1. The van der Waals surface area contributed by atoms with Gasteiger partial charge in [0.2, 0.25) is 0 Å². The van der Waals surface area contributed by atoms with E-state index in [1.165, 1.54) is 25.7 Å². The van der Waals surface area contributed by atoms with Crippen LogP contribution in [0.2, 0.25) is 0 Å². The molecule has 0 aromatic heterocycles. The van der Waals surface area contributed by atoms with Crippen LogP contribution in [0, 0.1) is 34.0 Å². The van der Waals surface area contributed by atoms with E-state index in [2.05, 4.69) is 26.8 Å². The van der Waals surface area contributed by atoms with E-state index in [4.69, 9.17) is 0 Å². The van der Waals surface area contributed by atoms with Crippen LogP contribution in [0.1, 0.15) is 79.1 Å². The summed E-state index contributed by atoms with van der Waals surface area (Å²) in [5.74, 6) is 2.61. The minimum atomic E-state index is -0.123. The minimum absolute atomic E-state index is 0.115. The molecule has 0 bridgehead atoms. The molecule has 0 aromatic rings. The van der Waals surface area contributed by atoms with Crippen LogP contribution >= 0.6 is 0 Å². The van der Waals surface area contributed by atoms with Crippen LogP contribution in [-0.4, -0.2) is 17.0 Å². The lowest BCUT2D eigenvalue weighted by molar-refractivity contribution is -0.138. The Bertz CT molecular complexity index is 593. The van der Waals surface area contributed by atoms with Crippen LogP contribution in [0.15, 0.2) is 11.6 Å². The third-order valence-corrected chi connectivity index (χ3v) is 9.46. The van der Waals surface area contributed by atoms with Gasteiger partial charge in [-0.15, -0.1) is 0 Å². The molecule has 0 radical (unpaired) electrons. The molecule has 4 aliphatic rings. The second-order valence-electron chi connectivity index (χ2n) is 10.0. The van der Waals surface area contributed by atoms with Crippen molar-refractivity contribution in [2.45, 2.75) is 85.2 Å². The molecular formula is C22H34O2. The number of Topliss-reactive ketones (excluding diaryl/α,β-unsaturated/α-hetero) is 1. The van der Waals surface area contributed by atoms with Crippen molar-refractivity contribution in [2.24, 2.45) is 34.0 Å². The molecule has 2 nitrogen and oxygen atoms in total. The molecule has 0 amide bonds. The van der Waals surface area contributed by atoms with Crippen LogP contribution < -0.4 is 0 Å². The van der Waals surface area contributed by atoms with Crippen molar-refractivity contribution in [3.8, 4) is 0 Å². The Morgan fingerprint density at radius 1 is 1.08 bits per heavy atom. The van der Waals surface area contributed by atoms with Crippen LogP contribution in [0.25, 0.3) is 0 Å². The number of hydrogen-bond acceptors (Lipinski definition) is 2. The molecule has 0 heterocycles. The average molecular weight is 331 g/mol. The number of carbonyl (C=O) groups is 1. The first-order valence-electron chi connectivity index (χ1n) is 10.1. The number of carbonyl (C=O) groups excluding carboxylic acids is 1. The van der Waals surface area contributed by atoms with Crippen molar-refractivity contribution in [1.29, 1.82) is 0 Å². The van der Waals surface area contributed by atoms with Gasteiger partial charge in [0.1, 0.15) is 5.78 Å². The van der Waals surface area contributed by atoms with Crippen LogP contribution in [0.4, 0.5) is 0 Å². The van der Waals surface area contributed by atoms with Gasteiger partial charge in [0.25, 0.3) is 0 Å². The standard InChI is InChI=1S/C22H34O2/c1-14(23)21(3)11-9-19-17-6-5-15-13-16(24)7-10-20(15,2)18(17)8-12-22(19,21)4/h5,16-19,24H,6-13H2,1-4H3. The average Bonchev–Trinajstić information content (AvgIpc) is 2.81. The predicted octanol–water partition coefficient (Wildman–Crippen LogP) is 4.91. The molecule has 1 N–H and O–H groups in total. The monoisotopic (exact) mass is 330 g/mol. The largest absolute Gasteiger partial charge is 0.393 e. The van der Waals surface area contributed by atoms with Crippen molar-refractivity contribution < 1.29 is 9.90 Å². The Hall–Kier alpha value is -0.630. The molecule has 7 unspecified atom stereocenters. The van der Waals surface area contributed by atoms with Crippen molar-refractivity contribution in [3.63, 3.8) is 0 Å². The van der Waals surface area contributed by atoms with Crippen molar-refractivity contribution in [3.05, 3.63) is 11.6 Å². The van der Waals surface area contributed by atoms with Crippen LogP contribution in [-0.2, 0) is 4.79 Å². The van der Waals surface area contributed by atoms with Gasteiger partial charge in [-0.25, -0.2) is 0 Å². The lowest BCUT2D eigenvalue weighted by atomic mass is 9.45. The van der Waals surface area contributed by atoms with Crippen molar-refractivity contribution in [1.82, 2.24) is 0 Å². The summed E-state index contributed by atoms with van der Waals surface area (Å²) in [5.41, 5.74) is 1.92. The highest BCUT2D eigenvalue weighted by Crippen LogP contribution is 2.69. The number of rotatable bonds is 1. The van der Waals surface area contributed by atoms with Gasteiger partial charge in [-0.05, 0) is 86.9 Å². The van der Waals surface area contributed by atoms with E-state index in [0.717, 1.165) is 37.5 Å². The molecular weight excluding hydrogens is 296 g/mol. The van der Waals surface area contributed by atoms with E-state index in [1.54, 1.807) is 5.57 Å². The van der Waals surface area contributed by atoms with E-state index < -0.39 is 0 Å². The number of aliphatic hydroxyl groups excluding tert-OH is 1. The number of aliphatic hydroxyl groups is 1. The van der Waals surface area contributed by atoms with Gasteiger partial charge < -0.3 is 5.11 Å². The molecule has 2 heteroatoms. The maximum atomic E-state index is 12.5. The predicted molar refractivity (Wildman–Crippen MR) is 96.5 cm³/mol. The first kappa shape index (κ1) is 16.8. The Labute approximate surface area is 147 Å². The molecule has 7 atom stereocenters. The Morgan fingerprint density at radius 3 is 2.50 bits per heavy atom. The van der Waals surface area contributed by atoms with Crippen molar-refractivity contribution >= 4 is 5.78 Å². The SMILES string of the molecule is CC(=O)C1(C)CCC2C3CC=C4CC(O)CCC4(C)C3CCC21C. The van der Waals surface area contributed by atoms with E-state index in [-0.39, 0.29) is 16.9 Å². The first-order valence-corrected chi connectivity index (χ1v) is 10.1. The summed E-state index contributed by atoms with van der Waals surface area (Å²) >= 11 is 0. The van der Waals surface area contributed by atoms with Crippen LogP contribution in [0.3, 0.4) is 0 Å². The van der Waals surface area contributed by atoms with Gasteiger partial charge in [0.15, 0.2) is 0 Å². The van der Waals surface area contributed by atoms with Crippen molar-refractivity contribution in [2.75, 3.05) is 0 Å². The van der Waals surface area contributed by atoms with Gasteiger partial charge in [-0.2, -0.15) is 0 Å². The Morgan fingerprint density at radius 2 is 1.79 bits per heavy atom. The molecule has 4 aliphatic carbocycles.